The number of rotatable bonds is 5. The maximum absolute atomic E-state index is 11.1. The minimum Gasteiger partial charge on any atom is -0.455 e. The fourth-order valence-electron chi connectivity index (χ4n) is 2.18. The summed E-state index contributed by atoms with van der Waals surface area (Å²) in [7, 11) is -4.23. The zero-order valence-electron chi connectivity index (χ0n) is 13.4. The van der Waals surface area contributed by atoms with Gasteiger partial charge in [0.05, 0.1) is 26.8 Å². The van der Waals surface area contributed by atoms with Gasteiger partial charge in [0.1, 0.15) is 11.5 Å². The molecule has 3 aromatic rings. The normalized spacial score (nSPS) is 11.9. The average molecular weight is 446 g/mol. The van der Waals surface area contributed by atoms with Gasteiger partial charge in [0.2, 0.25) is 0 Å². The molecule has 1 aromatic heterocycles. The third-order valence-electron chi connectivity index (χ3n) is 3.44. The lowest BCUT2D eigenvalue weighted by Gasteiger charge is -2.06. The molecule has 0 unspecified atom stereocenters. The van der Waals surface area contributed by atoms with E-state index in [2.05, 4.69) is 10.5 Å². The van der Waals surface area contributed by atoms with Crippen molar-refractivity contribution >= 4 is 56.8 Å². The Morgan fingerprint density at radius 3 is 2.22 bits per heavy atom. The number of halogens is 3. The second-order valence-electron chi connectivity index (χ2n) is 5.32. The van der Waals surface area contributed by atoms with Crippen molar-refractivity contribution < 1.29 is 17.4 Å². The number of benzene rings is 2. The summed E-state index contributed by atoms with van der Waals surface area (Å²) in [5.74, 6) is 0.943. The van der Waals surface area contributed by atoms with Crippen molar-refractivity contribution in [3.63, 3.8) is 0 Å². The summed E-state index contributed by atoms with van der Waals surface area (Å²) in [6, 6.07) is 12.1. The number of hydrogen-bond donors (Lipinski definition) is 2. The maximum atomic E-state index is 11.1. The smallest absolute Gasteiger partial charge is 0.294 e. The van der Waals surface area contributed by atoms with Crippen LogP contribution in [-0.2, 0) is 10.1 Å². The molecule has 0 fully saturated rings. The Morgan fingerprint density at radius 1 is 1.00 bits per heavy atom. The molecule has 1 heterocycles. The first-order chi connectivity index (χ1) is 12.7. The van der Waals surface area contributed by atoms with Gasteiger partial charge < -0.3 is 4.42 Å². The third kappa shape index (κ3) is 4.82. The molecular formula is C17H11Cl3N2O4S. The molecule has 10 heteroatoms. The number of nitrogens with one attached hydrogen (secondary N) is 1. The van der Waals surface area contributed by atoms with Crippen molar-refractivity contribution in [1.29, 1.82) is 0 Å². The summed E-state index contributed by atoms with van der Waals surface area (Å²) in [5, 5.41) is 5.08. The van der Waals surface area contributed by atoms with E-state index in [1.807, 2.05) is 0 Å². The Morgan fingerprint density at radius 2 is 1.63 bits per heavy atom. The lowest BCUT2D eigenvalue weighted by molar-refractivity contribution is 0.483. The van der Waals surface area contributed by atoms with Gasteiger partial charge in [-0.3, -0.25) is 9.98 Å². The van der Waals surface area contributed by atoms with E-state index in [1.165, 1.54) is 42.6 Å². The quantitative estimate of drug-likeness (QED) is 0.303. The highest BCUT2D eigenvalue weighted by atomic mass is 35.5. The average Bonchev–Trinajstić information content (AvgIpc) is 3.05. The van der Waals surface area contributed by atoms with Crippen LogP contribution in [0, 0.1) is 0 Å². The van der Waals surface area contributed by atoms with Crippen LogP contribution in [0.1, 0.15) is 5.76 Å². The first-order valence-electron chi connectivity index (χ1n) is 7.35. The van der Waals surface area contributed by atoms with Crippen molar-refractivity contribution in [2.75, 3.05) is 5.43 Å². The number of hydrazone groups is 1. The molecule has 0 bridgehead atoms. The molecule has 140 valence electrons. The van der Waals surface area contributed by atoms with Gasteiger partial charge in [-0.05, 0) is 48.5 Å². The lowest BCUT2D eigenvalue weighted by Crippen LogP contribution is -1.97. The van der Waals surface area contributed by atoms with Gasteiger partial charge in [-0.15, -0.1) is 0 Å². The number of hydrogen-bond acceptors (Lipinski definition) is 5. The standard InChI is InChI=1S/C17H11Cl3N2O4S/c18-11-7-14(19)17(15(20)8-11)22-21-9-12-3-6-16(26-12)10-1-4-13(5-2-10)27(23,24)25/h1-9,22H,(H,23,24,25)/b21-9+. The summed E-state index contributed by atoms with van der Waals surface area (Å²) in [5.41, 5.74) is 3.77. The van der Waals surface area contributed by atoms with Crippen LogP contribution in [0.5, 0.6) is 0 Å². The Labute approximate surface area is 170 Å². The van der Waals surface area contributed by atoms with E-state index in [9.17, 15) is 8.42 Å². The maximum Gasteiger partial charge on any atom is 0.294 e. The van der Waals surface area contributed by atoms with Crippen LogP contribution in [0.15, 0.2) is 62.9 Å². The van der Waals surface area contributed by atoms with Gasteiger partial charge in [-0.1, -0.05) is 34.8 Å². The summed E-state index contributed by atoms with van der Waals surface area (Å²) in [4.78, 5) is -0.194. The van der Waals surface area contributed by atoms with Crippen molar-refractivity contribution in [3.05, 3.63) is 69.4 Å². The van der Waals surface area contributed by atoms with Gasteiger partial charge in [-0.25, -0.2) is 0 Å². The number of anilines is 1. The van der Waals surface area contributed by atoms with E-state index in [0.717, 1.165) is 0 Å². The van der Waals surface area contributed by atoms with Crippen molar-refractivity contribution in [2.24, 2.45) is 5.10 Å². The molecule has 0 aliphatic carbocycles. The van der Waals surface area contributed by atoms with Crippen LogP contribution in [0.4, 0.5) is 5.69 Å². The fourth-order valence-corrected chi connectivity index (χ4v) is 3.56. The highest BCUT2D eigenvalue weighted by Crippen LogP contribution is 2.33. The van der Waals surface area contributed by atoms with Crippen molar-refractivity contribution in [1.82, 2.24) is 0 Å². The second kappa shape index (κ2) is 7.92. The molecule has 0 spiro atoms. The Balaban J connectivity index is 1.74. The molecule has 27 heavy (non-hydrogen) atoms. The molecule has 0 aliphatic rings. The highest BCUT2D eigenvalue weighted by Gasteiger charge is 2.10. The number of nitrogens with zero attached hydrogens (tertiary/aromatic N) is 1. The van der Waals surface area contributed by atoms with Gasteiger partial charge in [0.25, 0.3) is 10.1 Å². The van der Waals surface area contributed by atoms with Crippen LogP contribution in [0.25, 0.3) is 11.3 Å². The molecule has 0 saturated carbocycles. The molecule has 3 rings (SSSR count). The van der Waals surface area contributed by atoms with Crippen LogP contribution in [-0.4, -0.2) is 19.2 Å². The molecule has 2 aromatic carbocycles. The summed E-state index contributed by atoms with van der Waals surface area (Å²) in [6.45, 7) is 0. The van der Waals surface area contributed by atoms with E-state index in [-0.39, 0.29) is 4.90 Å². The largest absolute Gasteiger partial charge is 0.455 e. The topological polar surface area (TPSA) is 91.9 Å². The molecule has 0 amide bonds. The summed E-state index contributed by atoms with van der Waals surface area (Å²) >= 11 is 18.0. The molecule has 6 nitrogen and oxygen atoms in total. The lowest BCUT2D eigenvalue weighted by atomic mass is 10.2. The zero-order chi connectivity index (χ0) is 19.6. The highest BCUT2D eigenvalue weighted by molar-refractivity contribution is 7.85. The van der Waals surface area contributed by atoms with Crippen molar-refractivity contribution in [2.45, 2.75) is 4.90 Å². The van der Waals surface area contributed by atoms with Gasteiger partial charge >= 0.3 is 0 Å². The SMILES string of the molecule is O=S(=O)(O)c1ccc(-c2ccc(/C=N/Nc3c(Cl)cc(Cl)cc3Cl)o2)cc1. The van der Waals surface area contributed by atoms with Crippen LogP contribution >= 0.6 is 34.8 Å². The minimum atomic E-state index is -4.23. The van der Waals surface area contributed by atoms with Gasteiger partial charge in [0, 0.05) is 10.6 Å². The first-order valence-corrected chi connectivity index (χ1v) is 9.93. The van der Waals surface area contributed by atoms with Crippen LogP contribution in [0.3, 0.4) is 0 Å². The third-order valence-corrected chi connectivity index (χ3v) is 5.12. The second-order valence-corrected chi connectivity index (χ2v) is 7.99. The summed E-state index contributed by atoms with van der Waals surface area (Å²) in [6.07, 6.45) is 1.43. The van der Waals surface area contributed by atoms with Gasteiger partial charge in [0.15, 0.2) is 0 Å². The molecule has 0 radical (unpaired) electrons. The Hall–Kier alpha value is -2.03. The predicted molar refractivity (Wildman–Crippen MR) is 107 cm³/mol. The minimum absolute atomic E-state index is 0.194. The molecule has 0 atom stereocenters. The van der Waals surface area contributed by atoms with E-state index >= 15 is 0 Å². The first kappa shape index (κ1) is 19.7. The monoisotopic (exact) mass is 444 g/mol. The fraction of sp³-hybridized carbons (Fsp3) is 0. The Kier molecular flexibility index (Phi) is 5.78. The van der Waals surface area contributed by atoms with E-state index in [1.54, 1.807) is 12.1 Å². The molecule has 2 N–H and O–H groups in total. The van der Waals surface area contributed by atoms with E-state index in [4.69, 9.17) is 43.8 Å². The van der Waals surface area contributed by atoms with Crippen molar-refractivity contribution in [3.8, 4) is 11.3 Å². The Bertz CT molecular complexity index is 1090. The number of furan rings is 1. The van der Waals surface area contributed by atoms with Crippen LogP contribution < -0.4 is 5.43 Å². The summed E-state index contributed by atoms with van der Waals surface area (Å²) < 4.78 is 36.8. The van der Waals surface area contributed by atoms with Gasteiger partial charge in [-0.2, -0.15) is 13.5 Å². The molecule has 0 aliphatic heterocycles. The predicted octanol–water partition coefficient (Wildman–Crippen LogP) is 5.60. The molecule has 0 saturated heterocycles. The zero-order valence-corrected chi connectivity index (χ0v) is 16.4. The van der Waals surface area contributed by atoms with Crippen LogP contribution in [0.2, 0.25) is 15.1 Å². The van der Waals surface area contributed by atoms with E-state index in [0.29, 0.717) is 37.8 Å². The van der Waals surface area contributed by atoms with E-state index < -0.39 is 10.1 Å². The molecular weight excluding hydrogens is 435 g/mol.